The van der Waals surface area contributed by atoms with Crippen molar-refractivity contribution in [1.82, 2.24) is 10.3 Å². The molecule has 1 aromatic carbocycles. The van der Waals surface area contributed by atoms with Crippen LogP contribution in [0.1, 0.15) is 18.4 Å². The Hall–Kier alpha value is -3.06. The van der Waals surface area contributed by atoms with E-state index in [0.717, 1.165) is 48.3 Å². The van der Waals surface area contributed by atoms with E-state index in [-0.39, 0.29) is 6.09 Å². The molecule has 2 aromatic rings. The fraction of sp³-hybridized carbons (Fsp3) is 0.286. The molecule has 0 radical (unpaired) electrons. The largest absolute Gasteiger partial charge is 0.441 e. The number of rotatable bonds is 4. The van der Waals surface area contributed by atoms with Gasteiger partial charge in [0.25, 0.3) is 0 Å². The van der Waals surface area contributed by atoms with Crippen LogP contribution < -0.4 is 16.0 Å². The highest BCUT2D eigenvalue weighted by Crippen LogP contribution is 2.40. The molecule has 1 aromatic heterocycles. The third-order valence-corrected chi connectivity index (χ3v) is 5.87. The summed E-state index contributed by atoms with van der Waals surface area (Å²) >= 11 is 6.56. The van der Waals surface area contributed by atoms with Gasteiger partial charge >= 0.3 is 6.09 Å². The average Bonchev–Trinajstić information content (AvgIpc) is 3.10. The molecule has 1 amide bonds. The Morgan fingerprint density at radius 3 is 2.59 bits per heavy atom. The second kappa shape index (κ2) is 7.75. The third-order valence-electron chi connectivity index (χ3n) is 5.59. The normalized spacial score (nSPS) is 18.4. The average molecular weight is 412 g/mol. The third kappa shape index (κ3) is 3.65. The number of hydrogen-bond donors (Lipinski definition) is 3. The van der Waals surface area contributed by atoms with Crippen molar-refractivity contribution in [2.75, 3.05) is 24.5 Å². The maximum absolute atomic E-state index is 11.5. The Labute approximate surface area is 174 Å². The van der Waals surface area contributed by atoms with Gasteiger partial charge < -0.3 is 26.1 Å². The molecule has 2 fully saturated rings. The molecule has 4 N–H and O–H groups in total. The zero-order chi connectivity index (χ0) is 20.4. The van der Waals surface area contributed by atoms with Gasteiger partial charge in [0.1, 0.15) is 5.60 Å². The maximum atomic E-state index is 11.5. The van der Waals surface area contributed by atoms with Crippen LogP contribution in [0.3, 0.4) is 0 Å². The van der Waals surface area contributed by atoms with Crippen molar-refractivity contribution in [2.45, 2.75) is 18.4 Å². The summed E-state index contributed by atoms with van der Waals surface area (Å²) in [6.07, 6.45) is 7.27. The lowest BCUT2D eigenvalue weighted by molar-refractivity contribution is 0.0367. The number of alkyl carbamates (subject to hydrolysis) is 1. The number of pyridine rings is 1. The number of hydrogen-bond acceptors (Lipinski definition) is 6. The molecular formula is C21H22ClN5O2. The molecule has 2 aliphatic rings. The zero-order valence-corrected chi connectivity index (χ0v) is 16.6. The Morgan fingerprint density at radius 2 is 2.00 bits per heavy atom. The number of nitrogens with two attached hydrogens (primary N) is 1. The van der Waals surface area contributed by atoms with E-state index < -0.39 is 5.60 Å². The summed E-state index contributed by atoms with van der Waals surface area (Å²) in [7, 11) is 0. The van der Waals surface area contributed by atoms with Gasteiger partial charge in [-0.1, -0.05) is 35.9 Å². The fourth-order valence-corrected chi connectivity index (χ4v) is 4.23. The van der Waals surface area contributed by atoms with Crippen LogP contribution in [0.15, 0.2) is 42.9 Å². The molecule has 4 rings (SSSR count). The van der Waals surface area contributed by atoms with E-state index in [9.17, 15) is 4.79 Å². The molecule has 0 aliphatic carbocycles. The highest BCUT2D eigenvalue weighted by molar-refractivity contribution is 6.33. The summed E-state index contributed by atoms with van der Waals surface area (Å²) in [6, 6.07) is 7.82. The van der Waals surface area contributed by atoms with E-state index in [1.54, 1.807) is 6.20 Å². The van der Waals surface area contributed by atoms with Crippen LogP contribution in [0.25, 0.3) is 16.7 Å². The number of ether oxygens (including phenoxy) is 1. The first-order chi connectivity index (χ1) is 14.0. The lowest BCUT2D eigenvalue weighted by Gasteiger charge is -2.39. The number of allylic oxidation sites excluding steroid dienone is 1. The van der Waals surface area contributed by atoms with Gasteiger partial charge in [-0.3, -0.25) is 4.98 Å². The molecule has 150 valence electrons. The highest BCUT2D eigenvalue weighted by Gasteiger charge is 2.43. The van der Waals surface area contributed by atoms with E-state index in [1.165, 1.54) is 12.4 Å². The Balaban J connectivity index is 1.61. The van der Waals surface area contributed by atoms with Gasteiger partial charge in [-0.15, -0.1) is 0 Å². The quantitative estimate of drug-likeness (QED) is 0.668. The number of amides is 1. The van der Waals surface area contributed by atoms with Crippen molar-refractivity contribution >= 4 is 35.2 Å². The first kappa shape index (κ1) is 19.3. The number of anilines is 1. The molecular weight excluding hydrogens is 390 g/mol. The summed E-state index contributed by atoms with van der Waals surface area (Å²) < 4.78 is 5.52. The molecule has 7 nitrogen and oxygen atoms in total. The lowest BCUT2D eigenvalue weighted by Crippen LogP contribution is -2.46. The van der Waals surface area contributed by atoms with Crippen LogP contribution >= 0.6 is 11.6 Å². The second-order valence-corrected chi connectivity index (χ2v) is 7.68. The molecule has 1 spiro atoms. The monoisotopic (exact) mass is 411 g/mol. The number of piperidine rings is 1. The predicted octanol–water partition coefficient (Wildman–Crippen LogP) is 3.43. The van der Waals surface area contributed by atoms with Crippen molar-refractivity contribution < 1.29 is 9.53 Å². The fourth-order valence-electron chi connectivity index (χ4n) is 3.95. The number of carbonyl (C=O) groups is 1. The summed E-state index contributed by atoms with van der Waals surface area (Å²) in [5, 5.41) is 10.8. The van der Waals surface area contributed by atoms with Crippen molar-refractivity contribution in [3.05, 3.63) is 53.4 Å². The Kier molecular flexibility index (Phi) is 5.15. The van der Waals surface area contributed by atoms with Crippen molar-refractivity contribution in [3.8, 4) is 11.1 Å². The van der Waals surface area contributed by atoms with E-state index in [0.29, 0.717) is 17.1 Å². The van der Waals surface area contributed by atoms with Crippen LogP contribution in [0.2, 0.25) is 5.02 Å². The van der Waals surface area contributed by atoms with Gasteiger partial charge in [-0.25, -0.2) is 4.79 Å². The van der Waals surface area contributed by atoms with Gasteiger partial charge in [0.15, 0.2) is 0 Å². The van der Waals surface area contributed by atoms with E-state index in [2.05, 4.69) is 15.2 Å². The van der Waals surface area contributed by atoms with Crippen LogP contribution in [0.5, 0.6) is 0 Å². The molecule has 0 atom stereocenters. The highest BCUT2D eigenvalue weighted by atomic mass is 35.5. The summed E-state index contributed by atoms with van der Waals surface area (Å²) in [5.74, 6) is 0. The van der Waals surface area contributed by atoms with Crippen LogP contribution in [0, 0.1) is 5.41 Å². The summed E-state index contributed by atoms with van der Waals surface area (Å²) in [5.41, 5.74) is 9.55. The number of aromatic nitrogens is 1. The number of nitrogens with one attached hydrogen (secondary N) is 2. The maximum Gasteiger partial charge on any atom is 0.407 e. The van der Waals surface area contributed by atoms with Gasteiger partial charge in [0.2, 0.25) is 0 Å². The van der Waals surface area contributed by atoms with Gasteiger partial charge in [-0.05, 0) is 11.1 Å². The SMILES string of the molecule is N=CC(=CN)c1ccc(-c2cncc(Cl)c2N2CCC3(CC2)CNC(=O)O3)cc1. The van der Waals surface area contributed by atoms with Gasteiger partial charge in [0, 0.05) is 61.9 Å². The number of benzene rings is 1. The van der Waals surface area contributed by atoms with Gasteiger partial charge in [-0.2, -0.15) is 0 Å². The minimum Gasteiger partial charge on any atom is -0.441 e. The first-order valence-corrected chi connectivity index (χ1v) is 9.81. The van der Waals surface area contributed by atoms with Crippen molar-refractivity contribution in [1.29, 1.82) is 5.41 Å². The van der Waals surface area contributed by atoms with Crippen LogP contribution in [0.4, 0.5) is 10.5 Å². The first-order valence-electron chi connectivity index (χ1n) is 9.44. The molecule has 29 heavy (non-hydrogen) atoms. The van der Waals surface area contributed by atoms with Gasteiger partial charge in [0.05, 0.1) is 17.3 Å². The van der Waals surface area contributed by atoms with Crippen LogP contribution in [-0.4, -0.2) is 42.5 Å². The Morgan fingerprint density at radius 1 is 1.28 bits per heavy atom. The molecule has 8 heteroatoms. The standard InChI is InChI=1S/C21H22ClN5O2/c22-18-12-25-11-17(15-3-1-14(2-4-15)16(9-23)10-24)19(18)27-7-5-21(6-8-27)13-26-20(28)29-21/h1-4,9-12,23H,5-8,13,24H2,(H,26,28). The number of halogens is 1. The molecule has 3 heterocycles. The molecule has 0 unspecified atom stereocenters. The van der Waals surface area contributed by atoms with Crippen molar-refractivity contribution in [3.63, 3.8) is 0 Å². The van der Waals surface area contributed by atoms with E-state index >= 15 is 0 Å². The molecule has 0 saturated carbocycles. The molecule has 2 saturated heterocycles. The summed E-state index contributed by atoms with van der Waals surface area (Å²) in [6.45, 7) is 2.03. The number of carbonyl (C=O) groups excluding carboxylic acids is 1. The van der Waals surface area contributed by atoms with E-state index in [1.807, 2.05) is 30.5 Å². The predicted molar refractivity (Wildman–Crippen MR) is 114 cm³/mol. The second-order valence-electron chi connectivity index (χ2n) is 7.27. The summed E-state index contributed by atoms with van der Waals surface area (Å²) in [4.78, 5) is 18.0. The smallest absolute Gasteiger partial charge is 0.407 e. The van der Waals surface area contributed by atoms with Crippen LogP contribution in [-0.2, 0) is 4.74 Å². The van der Waals surface area contributed by atoms with E-state index in [4.69, 9.17) is 27.5 Å². The van der Waals surface area contributed by atoms with Crippen molar-refractivity contribution in [2.24, 2.45) is 5.73 Å². The lowest BCUT2D eigenvalue weighted by atomic mass is 9.91. The molecule has 0 bridgehead atoms. The molecule has 2 aliphatic heterocycles. The minimum atomic E-state index is -0.410. The Bertz CT molecular complexity index is 966. The number of nitrogens with zero attached hydrogens (tertiary/aromatic N) is 2. The topological polar surface area (TPSA) is 104 Å². The minimum absolute atomic E-state index is 0.336. The zero-order valence-electron chi connectivity index (χ0n) is 15.8.